The summed E-state index contributed by atoms with van der Waals surface area (Å²) < 4.78 is 13.3. The molecule has 0 amide bonds. The number of aromatic nitrogens is 2. The van der Waals surface area contributed by atoms with Crippen LogP contribution in [-0.2, 0) is 6.54 Å². The molecule has 0 saturated carbocycles. The molecule has 3 aromatic rings. The van der Waals surface area contributed by atoms with E-state index in [2.05, 4.69) is 14.9 Å². The molecule has 0 atom stereocenters. The maximum absolute atomic E-state index is 13.3. The van der Waals surface area contributed by atoms with E-state index in [-0.39, 0.29) is 11.4 Å². The third-order valence-corrected chi connectivity index (χ3v) is 4.96. The van der Waals surface area contributed by atoms with Crippen molar-refractivity contribution in [1.29, 1.82) is 0 Å². The summed E-state index contributed by atoms with van der Waals surface area (Å²) >= 11 is 0. The molecular weight excluding hydrogens is 317 g/mol. The number of rotatable bonds is 3. The van der Waals surface area contributed by atoms with Crippen LogP contribution in [0.5, 0.6) is 0 Å². The zero-order valence-electron chi connectivity index (χ0n) is 13.9. The first kappa shape index (κ1) is 16.0. The molecule has 0 bridgehead atoms. The molecule has 2 aromatic heterocycles. The molecule has 1 N–H and O–H groups in total. The van der Waals surface area contributed by atoms with Gasteiger partial charge in [-0.05, 0) is 61.8 Å². The van der Waals surface area contributed by atoms with Gasteiger partial charge in [-0.2, -0.15) is 0 Å². The zero-order valence-corrected chi connectivity index (χ0v) is 13.9. The van der Waals surface area contributed by atoms with Crippen molar-refractivity contribution >= 4 is 10.9 Å². The average molecular weight is 337 g/mol. The van der Waals surface area contributed by atoms with Crippen molar-refractivity contribution in [2.75, 3.05) is 13.1 Å². The minimum atomic E-state index is -0.186. The minimum absolute atomic E-state index is 0.0669. The van der Waals surface area contributed by atoms with Crippen LogP contribution in [0, 0.1) is 5.82 Å². The number of nitrogens with zero attached hydrogens (tertiary/aromatic N) is 2. The second-order valence-electron chi connectivity index (χ2n) is 6.67. The van der Waals surface area contributed by atoms with Crippen LogP contribution in [0.25, 0.3) is 10.9 Å². The van der Waals surface area contributed by atoms with Crippen LogP contribution in [0.3, 0.4) is 0 Å². The molecule has 5 heteroatoms. The summed E-state index contributed by atoms with van der Waals surface area (Å²) in [6.45, 7) is 2.63. The predicted molar refractivity (Wildman–Crippen MR) is 96.0 cm³/mol. The Hall–Kier alpha value is -2.53. The van der Waals surface area contributed by atoms with Crippen LogP contribution in [0.15, 0.2) is 53.5 Å². The van der Waals surface area contributed by atoms with Crippen molar-refractivity contribution < 1.29 is 4.39 Å². The Morgan fingerprint density at radius 2 is 2.00 bits per heavy atom. The van der Waals surface area contributed by atoms with Gasteiger partial charge in [-0.3, -0.25) is 14.7 Å². The summed E-state index contributed by atoms with van der Waals surface area (Å²) in [6.07, 6.45) is 3.67. The van der Waals surface area contributed by atoms with E-state index in [1.165, 1.54) is 6.07 Å². The minimum Gasteiger partial charge on any atom is -0.325 e. The number of piperidine rings is 1. The Morgan fingerprint density at radius 3 is 2.80 bits per heavy atom. The monoisotopic (exact) mass is 337 g/mol. The number of fused-ring (bicyclic) bond motifs is 1. The number of aromatic amines is 1. The Morgan fingerprint density at radius 1 is 1.16 bits per heavy atom. The van der Waals surface area contributed by atoms with Crippen molar-refractivity contribution in [2.24, 2.45) is 0 Å². The Labute approximate surface area is 145 Å². The standard InChI is InChI=1S/C20H20FN3O/c21-16-4-1-3-14(11-16)13-24-9-6-15(7-10-24)18-12-19-17(20(25)23-18)5-2-8-22-19/h1-5,8,11-12,15H,6-7,9-10,13H2,(H,23,25). The number of hydrogen-bond acceptors (Lipinski definition) is 3. The molecule has 4 rings (SSSR count). The lowest BCUT2D eigenvalue weighted by atomic mass is 9.92. The topological polar surface area (TPSA) is 49.0 Å². The molecule has 4 nitrogen and oxygen atoms in total. The number of H-pyrrole nitrogens is 1. The lowest BCUT2D eigenvalue weighted by Crippen LogP contribution is -2.33. The van der Waals surface area contributed by atoms with E-state index >= 15 is 0 Å². The van der Waals surface area contributed by atoms with E-state index in [1.54, 1.807) is 30.5 Å². The number of likely N-dealkylation sites (tertiary alicyclic amines) is 1. The number of hydrogen-bond donors (Lipinski definition) is 1. The third kappa shape index (κ3) is 3.46. The molecule has 0 unspecified atom stereocenters. The molecule has 1 aliphatic rings. The summed E-state index contributed by atoms with van der Waals surface area (Å²) in [5.41, 5.74) is 2.66. The van der Waals surface area contributed by atoms with Crippen LogP contribution in [0.2, 0.25) is 0 Å². The summed E-state index contributed by atoms with van der Waals surface area (Å²) in [5, 5.41) is 0.634. The molecule has 1 aromatic carbocycles. The second kappa shape index (κ2) is 6.76. The van der Waals surface area contributed by atoms with Gasteiger partial charge in [0.1, 0.15) is 5.82 Å². The fourth-order valence-electron chi connectivity index (χ4n) is 3.62. The van der Waals surface area contributed by atoms with Gasteiger partial charge in [-0.25, -0.2) is 4.39 Å². The van der Waals surface area contributed by atoms with E-state index in [4.69, 9.17) is 0 Å². The first-order chi connectivity index (χ1) is 12.2. The van der Waals surface area contributed by atoms with Gasteiger partial charge in [-0.1, -0.05) is 12.1 Å². The van der Waals surface area contributed by atoms with Gasteiger partial charge in [-0.15, -0.1) is 0 Å². The van der Waals surface area contributed by atoms with Gasteiger partial charge in [0.05, 0.1) is 10.9 Å². The van der Waals surface area contributed by atoms with E-state index in [0.717, 1.165) is 49.2 Å². The quantitative estimate of drug-likeness (QED) is 0.796. The van der Waals surface area contributed by atoms with E-state index in [0.29, 0.717) is 11.3 Å². The molecule has 3 heterocycles. The van der Waals surface area contributed by atoms with Crippen LogP contribution < -0.4 is 5.56 Å². The second-order valence-corrected chi connectivity index (χ2v) is 6.67. The SMILES string of the molecule is O=c1[nH]c(C2CCN(Cc3cccc(F)c3)CC2)cc2ncccc12. The lowest BCUT2D eigenvalue weighted by molar-refractivity contribution is 0.203. The highest BCUT2D eigenvalue weighted by Crippen LogP contribution is 2.28. The smallest absolute Gasteiger partial charge is 0.257 e. The highest BCUT2D eigenvalue weighted by atomic mass is 19.1. The molecule has 0 aliphatic carbocycles. The molecule has 1 saturated heterocycles. The van der Waals surface area contributed by atoms with Gasteiger partial charge in [0.2, 0.25) is 0 Å². The summed E-state index contributed by atoms with van der Waals surface area (Å²) in [6, 6.07) is 12.4. The first-order valence-corrected chi connectivity index (χ1v) is 8.64. The summed E-state index contributed by atoms with van der Waals surface area (Å²) in [4.78, 5) is 21.9. The van der Waals surface area contributed by atoms with Gasteiger partial charge >= 0.3 is 0 Å². The van der Waals surface area contributed by atoms with E-state index in [1.807, 2.05) is 12.1 Å². The number of pyridine rings is 2. The van der Waals surface area contributed by atoms with Crippen LogP contribution in [-0.4, -0.2) is 28.0 Å². The maximum atomic E-state index is 13.3. The summed E-state index contributed by atoms with van der Waals surface area (Å²) in [7, 11) is 0. The fourth-order valence-corrected chi connectivity index (χ4v) is 3.62. The van der Waals surface area contributed by atoms with Crippen molar-refractivity contribution in [3.05, 3.63) is 76.1 Å². The van der Waals surface area contributed by atoms with Crippen molar-refractivity contribution in [3.8, 4) is 0 Å². The highest BCUT2D eigenvalue weighted by Gasteiger charge is 2.22. The van der Waals surface area contributed by atoms with Crippen molar-refractivity contribution in [1.82, 2.24) is 14.9 Å². The fraction of sp³-hybridized carbons (Fsp3) is 0.300. The molecule has 0 spiro atoms. The normalized spacial score (nSPS) is 16.4. The molecular formula is C20H20FN3O. The molecule has 1 aliphatic heterocycles. The van der Waals surface area contributed by atoms with Crippen LogP contribution >= 0.6 is 0 Å². The molecule has 25 heavy (non-hydrogen) atoms. The highest BCUT2D eigenvalue weighted by molar-refractivity contribution is 5.77. The van der Waals surface area contributed by atoms with Gasteiger partial charge < -0.3 is 4.98 Å². The zero-order chi connectivity index (χ0) is 17.2. The number of benzene rings is 1. The van der Waals surface area contributed by atoms with E-state index < -0.39 is 0 Å². The first-order valence-electron chi connectivity index (χ1n) is 8.64. The lowest BCUT2D eigenvalue weighted by Gasteiger charge is -2.32. The Bertz CT molecular complexity index is 945. The largest absolute Gasteiger partial charge is 0.325 e. The Balaban J connectivity index is 1.46. The molecule has 0 radical (unpaired) electrons. The van der Waals surface area contributed by atoms with Gasteiger partial charge in [0, 0.05) is 24.4 Å². The van der Waals surface area contributed by atoms with Gasteiger partial charge in [0.15, 0.2) is 0 Å². The summed E-state index contributed by atoms with van der Waals surface area (Å²) in [5.74, 6) is 0.150. The third-order valence-electron chi connectivity index (χ3n) is 4.96. The van der Waals surface area contributed by atoms with Crippen LogP contribution in [0.1, 0.15) is 30.0 Å². The van der Waals surface area contributed by atoms with Crippen molar-refractivity contribution in [3.63, 3.8) is 0 Å². The molecule has 128 valence electrons. The molecule has 1 fully saturated rings. The predicted octanol–water partition coefficient (Wildman–Crippen LogP) is 3.44. The average Bonchev–Trinajstić information content (AvgIpc) is 2.62. The van der Waals surface area contributed by atoms with E-state index in [9.17, 15) is 9.18 Å². The number of halogens is 1. The van der Waals surface area contributed by atoms with Gasteiger partial charge in [0.25, 0.3) is 5.56 Å². The number of nitrogens with one attached hydrogen (secondary N) is 1. The maximum Gasteiger partial charge on any atom is 0.257 e. The van der Waals surface area contributed by atoms with Crippen LogP contribution in [0.4, 0.5) is 4.39 Å². The Kier molecular flexibility index (Phi) is 4.32. The van der Waals surface area contributed by atoms with Crippen molar-refractivity contribution in [2.45, 2.75) is 25.3 Å².